The number of esters is 1. The Kier molecular flexibility index (Phi) is 11.8. The molecule has 0 aliphatic heterocycles. The van der Waals surface area contributed by atoms with Gasteiger partial charge in [0.15, 0.2) is 0 Å². The molecule has 0 aromatic heterocycles. The third-order valence-electron chi connectivity index (χ3n) is 1.74. The van der Waals surface area contributed by atoms with Crippen molar-refractivity contribution in [1.82, 2.24) is 0 Å². The average Bonchev–Trinajstić information content (AvgIpc) is 2.33. The van der Waals surface area contributed by atoms with Gasteiger partial charge < -0.3 is 20.1 Å². The first-order valence-corrected chi connectivity index (χ1v) is 5.76. The molecule has 0 fully saturated rings. The molecule has 0 saturated heterocycles. The third-order valence-corrected chi connectivity index (χ3v) is 1.74. The van der Waals surface area contributed by atoms with E-state index in [-0.39, 0.29) is 12.2 Å². The van der Waals surface area contributed by atoms with Gasteiger partial charge in [0.05, 0.1) is 12.2 Å². The molecule has 0 spiro atoms. The lowest BCUT2D eigenvalue weighted by atomic mass is 10.2. The van der Waals surface area contributed by atoms with Crippen molar-refractivity contribution in [3.8, 4) is 0 Å². The number of carbonyl (C=O) groups is 2. The predicted molar refractivity (Wildman–Crippen MR) is 70.5 cm³/mol. The summed E-state index contributed by atoms with van der Waals surface area (Å²) >= 11 is 0. The number of carboxylic acids is 1. The average molecular weight is 274 g/mol. The highest BCUT2D eigenvalue weighted by molar-refractivity contribution is 5.85. The second-order valence-corrected chi connectivity index (χ2v) is 3.96. The molecule has 2 atom stereocenters. The first-order valence-electron chi connectivity index (χ1n) is 5.76. The van der Waals surface area contributed by atoms with Gasteiger partial charge in [-0.05, 0) is 27.2 Å². The maximum absolute atomic E-state index is 10.3. The summed E-state index contributed by atoms with van der Waals surface area (Å²) in [6, 6.07) is 0. The molecule has 6 nitrogen and oxygen atoms in total. The fourth-order valence-corrected chi connectivity index (χ4v) is 0.696. The van der Waals surface area contributed by atoms with Crippen molar-refractivity contribution in [2.24, 2.45) is 0 Å². The number of carboxylic acid groups (broad SMARTS) is 1. The van der Waals surface area contributed by atoms with Gasteiger partial charge in [-0.15, -0.1) is 0 Å². The van der Waals surface area contributed by atoms with Crippen LogP contribution in [0.5, 0.6) is 0 Å². The van der Waals surface area contributed by atoms with Crippen LogP contribution in [0.2, 0.25) is 0 Å². The van der Waals surface area contributed by atoms with E-state index in [1.165, 1.54) is 19.9 Å². The molecule has 110 valence electrons. The van der Waals surface area contributed by atoms with Crippen molar-refractivity contribution in [2.75, 3.05) is 6.61 Å². The van der Waals surface area contributed by atoms with Gasteiger partial charge in [0.2, 0.25) is 0 Å². The van der Waals surface area contributed by atoms with Crippen LogP contribution in [0.4, 0.5) is 0 Å². The molecule has 0 aliphatic carbocycles. The van der Waals surface area contributed by atoms with E-state index in [0.29, 0.717) is 6.42 Å². The standard InChI is InChI=1S/C7H12O3.C6H10O3/c1-5(7(9)10)3-4-6(2)8;1-3-6(8)9-4-5(2)7/h3,6,8H,4H2,1-2H3,(H,9,10);3,5,7H,1,4H2,2H3. The van der Waals surface area contributed by atoms with Crippen LogP contribution < -0.4 is 0 Å². The van der Waals surface area contributed by atoms with E-state index >= 15 is 0 Å². The Bertz CT molecular complexity index is 317. The normalized spacial score (nSPS) is 13.6. The molecule has 2 unspecified atom stereocenters. The molecule has 3 N–H and O–H groups in total. The molecule has 0 saturated carbocycles. The molecule has 0 heterocycles. The molecule has 0 aromatic carbocycles. The second-order valence-electron chi connectivity index (χ2n) is 3.96. The lowest BCUT2D eigenvalue weighted by Gasteiger charge is -2.02. The van der Waals surface area contributed by atoms with E-state index in [1.807, 2.05) is 0 Å². The predicted octanol–water partition coefficient (Wildman–Crippen LogP) is 0.885. The van der Waals surface area contributed by atoms with Crippen LogP contribution in [-0.2, 0) is 14.3 Å². The molecule has 0 radical (unpaired) electrons. The highest BCUT2D eigenvalue weighted by Crippen LogP contribution is 1.98. The van der Waals surface area contributed by atoms with Crippen LogP contribution >= 0.6 is 0 Å². The number of aliphatic hydroxyl groups excluding tert-OH is 2. The maximum Gasteiger partial charge on any atom is 0.330 e. The van der Waals surface area contributed by atoms with Crippen LogP contribution in [0.3, 0.4) is 0 Å². The van der Waals surface area contributed by atoms with E-state index in [2.05, 4.69) is 11.3 Å². The van der Waals surface area contributed by atoms with E-state index in [1.54, 1.807) is 6.92 Å². The number of carbonyl (C=O) groups excluding carboxylic acids is 1. The summed E-state index contributed by atoms with van der Waals surface area (Å²) < 4.78 is 4.45. The molecule has 19 heavy (non-hydrogen) atoms. The van der Waals surface area contributed by atoms with Gasteiger partial charge in [-0.2, -0.15) is 0 Å². The number of rotatable bonds is 6. The molecule has 0 amide bonds. The summed E-state index contributed by atoms with van der Waals surface area (Å²) in [5.74, 6) is -1.43. The van der Waals surface area contributed by atoms with Gasteiger partial charge in [-0.3, -0.25) is 0 Å². The summed E-state index contributed by atoms with van der Waals surface area (Å²) in [6.45, 7) is 7.87. The van der Waals surface area contributed by atoms with E-state index in [9.17, 15) is 9.59 Å². The Morgan fingerprint density at radius 3 is 2.11 bits per heavy atom. The minimum Gasteiger partial charge on any atom is -0.478 e. The lowest BCUT2D eigenvalue weighted by molar-refractivity contribution is -0.140. The quantitative estimate of drug-likeness (QED) is 0.491. The molecular weight excluding hydrogens is 252 g/mol. The van der Waals surface area contributed by atoms with Crippen LogP contribution in [0.1, 0.15) is 27.2 Å². The lowest BCUT2D eigenvalue weighted by Crippen LogP contribution is -2.13. The van der Waals surface area contributed by atoms with Crippen molar-refractivity contribution < 1.29 is 29.6 Å². The summed E-state index contributed by atoms with van der Waals surface area (Å²) in [7, 11) is 0. The first-order chi connectivity index (χ1) is 8.70. The minimum absolute atomic E-state index is 0.0326. The smallest absolute Gasteiger partial charge is 0.330 e. The highest BCUT2D eigenvalue weighted by Gasteiger charge is 1.99. The van der Waals surface area contributed by atoms with Crippen LogP contribution in [0.25, 0.3) is 0 Å². The molecule has 0 aliphatic rings. The Morgan fingerprint density at radius 1 is 1.26 bits per heavy atom. The van der Waals surface area contributed by atoms with Crippen LogP contribution in [0.15, 0.2) is 24.3 Å². The fourth-order valence-electron chi connectivity index (χ4n) is 0.696. The van der Waals surface area contributed by atoms with Crippen molar-refractivity contribution >= 4 is 11.9 Å². The van der Waals surface area contributed by atoms with E-state index in [0.717, 1.165) is 6.08 Å². The zero-order chi connectivity index (χ0) is 15.4. The monoisotopic (exact) mass is 274 g/mol. The number of aliphatic hydroxyl groups is 2. The Balaban J connectivity index is 0. The fraction of sp³-hybridized carbons (Fsp3) is 0.538. The number of ether oxygens (including phenoxy) is 1. The maximum atomic E-state index is 10.3. The zero-order valence-electron chi connectivity index (χ0n) is 11.5. The largest absolute Gasteiger partial charge is 0.478 e. The van der Waals surface area contributed by atoms with Gasteiger partial charge in [0.25, 0.3) is 0 Å². The Morgan fingerprint density at radius 2 is 1.79 bits per heavy atom. The topological polar surface area (TPSA) is 104 Å². The Labute approximate surface area is 113 Å². The molecule has 0 bridgehead atoms. The number of hydrogen-bond donors (Lipinski definition) is 3. The van der Waals surface area contributed by atoms with Crippen molar-refractivity contribution in [1.29, 1.82) is 0 Å². The van der Waals surface area contributed by atoms with Crippen molar-refractivity contribution in [3.63, 3.8) is 0 Å². The SMILES string of the molecule is C=CC(=O)OCC(C)O.CC(=CCC(C)O)C(=O)O. The van der Waals surface area contributed by atoms with Gasteiger partial charge >= 0.3 is 11.9 Å². The second kappa shape index (κ2) is 11.4. The third kappa shape index (κ3) is 16.3. The van der Waals surface area contributed by atoms with Gasteiger partial charge in [0, 0.05) is 11.6 Å². The number of hydrogen-bond acceptors (Lipinski definition) is 5. The Hall–Kier alpha value is -1.66. The molecule has 0 aromatic rings. The summed E-state index contributed by atoms with van der Waals surface area (Å²) in [5.41, 5.74) is 0.279. The molecular formula is C13H22O6. The molecule has 6 heteroatoms. The highest BCUT2D eigenvalue weighted by atomic mass is 16.5. The summed E-state index contributed by atoms with van der Waals surface area (Å²) in [6.07, 6.45) is 1.90. The van der Waals surface area contributed by atoms with Gasteiger partial charge in [-0.25, -0.2) is 9.59 Å². The van der Waals surface area contributed by atoms with Crippen LogP contribution in [-0.4, -0.2) is 46.1 Å². The zero-order valence-corrected chi connectivity index (χ0v) is 11.5. The van der Waals surface area contributed by atoms with E-state index in [4.69, 9.17) is 15.3 Å². The summed E-state index contributed by atoms with van der Waals surface area (Å²) in [5, 5.41) is 25.7. The van der Waals surface area contributed by atoms with Gasteiger partial charge in [-0.1, -0.05) is 12.7 Å². The molecule has 0 rings (SSSR count). The number of aliphatic carboxylic acids is 1. The first kappa shape index (κ1) is 19.7. The minimum atomic E-state index is -0.930. The van der Waals surface area contributed by atoms with Crippen molar-refractivity contribution in [3.05, 3.63) is 24.3 Å². The van der Waals surface area contributed by atoms with E-state index < -0.39 is 24.1 Å². The van der Waals surface area contributed by atoms with Crippen molar-refractivity contribution in [2.45, 2.75) is 39.4 Å². The summed E-state index contributed by atoms with van der Waals surface area (Å²) in [4.78, 5) is 20.4. The van der Waals surface area contributed by atoms with Crippen LogP contribution in [0, 0.1) is 0 Å². The van der Waals surface area contributed by atoms with Gasteiger partial charge in [0.1, 0.15) is 6.61 Å².